The molecular weight excluding hydrogens is 484 g/mol. The molecule has 0 spiro atoms. The number of halogens is 4. The van der Waals surface area contributed by atoms with Crippen molar-refractivity contribution in [3.63, 3.8) is 0 Å². The lowest BCUT2D eigenvalue weighted by Gasteiger charge is -2.37. The normalized spacial score (nSPS) is 17.8. The number of fused-ring (bicyclic) bond motifs is 2. The highest BCUT2D eigenvalue weighted by molar-refractivity contribution is 5.89. The number of piperidine rings is 1. The first kappa shape index (κ1) is 23.8. The molecule has 1 N–H and O–H groups in total. The van der Waals surface area contributed by atoms with Gasteiger partial charge in [-0.15, -0.1) is 10.2 Å². The number of amides is 1. The van der Waals surface area contributed by atoms with E-state index < -0.39 is 43.8 Å². The summed E-state index contributed by atoms with van der Waals surface area (Å²) in [6.07, 6.45) is -1.41. The Labute approximate surface area is 201 Å². The van der Waals surface area contributed by atoms with Gasteiger partial charge in [-0.2, -0.15) is 4.98 Å². The van der Waals surface area contributed by atoms with Gasteiger partial charge >= 0.3 is 0 Å². The zero-order valence-corrected chi connectivity index (χ0v) is 19.3. The van der Waals surface area contributed by atoms with Crippen LogP contribution in [0.3, 0.4) is 0 Å². The Kier molecular flexibility index (Phi) is 5.88. The second-order valence-corrected chi connectivity index (χ2v) is 8.63. The molecule has 14 heteroatoms. The van der Waals surface area contributed by atoms with Crippen molar-refractivity contribution in [1.29, 1.82) is 0 Å². The number of rotatable bonds is 6. The number of hydrogen-bond acceptors (Lipinski definition) is 7. The summed E-state index contributed by atoms with van der Waals surface area (Å²) in [6, 6.07) is 6.13. The first-order valence-electron chi connectivity index (χ1n) is 11.1. The first-order valence-corrected chi connectivity index (χ1v) is 11.1. The summed E-state index contributed by atoms with van der Waals surface area (Å²) in [7, 11) is 1.42. The van der Waals surface area contributed by atoms with Crippen molar-refractivity contribution in [2.75, 3.05) is 25.5 Å². The highest BCUT2D eigenvalue weighted by Gasteiger charge is 2.41. The van der Waals surface area contributed by atoms with Crippen molar-refractivity contribution < 1.29 is 27.1 Å². The maximum Gasteiger partial charge on any atom is 0.267 e. The molecule has 0 radical (unpaired) electrons. The molecule has 1 unspecified atom stereocenters. The number of nitrogens with zero attached hydrogens (tertiary/aromatic N) is 7. The number of ether oxygens (including phenoxy) is 1. The van der Waals surface area contributed by atoms with Gasteiger partial charge in [0.25, 0.3) is 12.3 Å². The number of methoxy groups -OCH3 is 1. The van der Waals surface area contributed by atoms with Crippen molar-refractivity contribution in [3.8, 4) is 17.0 Å². The summed E-state index contributed by atoms with van der Waals surface area (Å²) in [4.78, 5) is 17.1. The molecule has 0 aliphatic carbocycles. The van der Waals surface area contributed by atoms with Gasteiger partial charge in [0, 0.05) is 31.6 Å². The van der Waals surface area contributed by atoms with Crippen LogP contribution in [0.15, 0.2) is 30.5 Å². The summed E-state index contributed by atoms with van der Waals surface area (Å²) in [5.41, 5.74) is 2.75. The average molecular weight is 506 g/mol. The van der Waals surface area contributed by atoms with Crippen LogP contribution < -0.4 is 10.1 Å². The van der Waals surface area contributed by atoms with Gasteiger partial charge in [-0.1, -0.05) is 11.3 Å². The van der Waals surface area contributed by atoms with Crippen LogP contribution in [-0.4, -0.2) is 79.0 Å². The van der Waals surface area contributed by atoms with E-state index in [1.54, 1.807) is 30.5 Å². The molecule has 0 saturated carbocycles. The molecule has 5 rings (SSSR count). The van der Waals surface area contributed by atoms with Gasteiger partial charge in [0.15, 0.2) is 0 Å². The lowest BCUT2D eigenvalue weighted by molar-refractivity contribution is -0.139. The fourth-order valence-corrected chi connectivity index (χ4v) is 4.45. The Bertz CT molecular complexity index is 1440. The van der Waals surface area contributed by atoms with Crippen LogP contribution in [-0.2, 0) is 11.3 Å². The molecule has 4 aromatic rings. The van der Waals surface area contributed by atoms with E-state index in [1.165, 1.54) is 18.5 Å². The van der Waals surface area contributed by atoms with Crippen LogP contribution in [0.4, 0.5) is 23.5 Å². The molecule has 1 fully saturated rings. The Hall–Kier alpha value is -3.97. The molecule has 1 aliphatic rings. The van der Waals surface area contributed by atoms with Crippen molar-refractivity contribution in [3.05, 3.63) is 30.5 Å². The van der Waals surface area contributed by atoms with Crippen LogP contribution >= 0.6 is 0 Å². The summed E-state index contributed by atoms with van der Waals surface area (Å²) in [5, 5.41) is 15.0. The van der Waals surface area contributed by atoms with Gasteiger partial charge in [0.1, 0.15) is 17.6 Å². The number of carbonyl (C=O) groups excluding carboxylic acids is 1. The summed E-state index contributed by atoms with van der Waals surface area (Å²) in [6.45, 7) is 0.130. The molecule has 1 aromatic carbocycles. The van der Waals surface area contributed by atoms with Crippen molar-refractivity contribution in [2.24, 2.45) is 0 Å². The van der Waals surface area contributed by atoms with Gasteiger partial charge in [-0.25, -0.2) is 26.8 Å². The standard InChI is InChI=1S/C22H22F4N8O2/c1-12(35)32-9-14(8-22(25,26)11-32)27-21-28-20(36-2)19-15(5-6-33(19)30-21)13-3-4-16-17(7-13)34(31-29-16)10-18(23)24/h3-7,14,18H,8-11H2,1-2H3,(H,27,30). The second-order valence-electron chi connectivity index (χ2n) is 8.63. The Morgan fingerprint density at radius 2 is 2.11 bits per heavy atom. The maximum atomic E-state index is 14.2. The highest BCUT2D eigenvalue weighted by atomic mass is 19.3. The molecule has 1 saturated heterocycles. The lowest BCUT2D eigenvalue weighted by atomic mass is 10.0. The maximum absolute atomic E-state index is 14.2. The summed E-state index contributed by atoms with van der Waals surface area (Å²) in [5.74, 6) is -3.24. The third kappa shape index (κ3) is 4.50. The number of likely N-dealkylation sites (tertiary alicyclic amines) is 1. The number of aromatic nitrogens is 6. The van der Waals surface area contributed by atoms with Crippen molar-refractivity contribution in [2.45, 2.75) is 38.3 Å². The van der Waals surface area contributed by atoms with Crippen molar-refractivity contribution >= 4 is 28.4 Å². The summed E-state index contributed by atoms with van der Waals surface area (Å²) < 4.78 is 62.3. The van der Waals surface area contributed by atoms with E-state index in [1.807, 2.05) is 0 Å². The number of carbonyl (C=O) groups is 1. The quantitative estimate of drug-likeness (QED) is 0.401. The molecule has 1 atom stereocenters. The number of nitrogens with one attached hydrogen (secondary N) is 1. The largest absolute Gasteiger partial charge is 0.479 e. The predicted molar refractivity (Wildman–Crippen MR) is 121 cm³/mol. The average Bonchev–Trinajstić information content (AvgIpc) is 3.41. The second kappa shape index (κ2) is 8.91. The van der Waals surface area contributed by atoms with Gasteiger partial charge in [0.05, 0.1) is 25.2 Å². The van der Waals surface area contributed by atoms with E-state index in [2.05, 4.69) is 25.7 Å². The van der Waals surface area contributed by atoms with E-state index in [0.29, 0.717) is 27.7 Å². The van der Waals surface area contributed by atoms with Gasteiger partial charge in [-0.05, 0) is 23.8 Å². The zero-order valence-electron chi connectivity index (χ0n) is 19.3. The van der Waals surface area contributed by atoms with Crippen LogP contribution in [0.1, 0.15) is 13.3 Å². The topological polar surface area (TPSA) is 102 Å². The molecule has 36 heavy (non-hydrogen) atoms. The predicted octanol–water partition coefficient (Wildman–Crippen LogP) is 3.08. The van der Waals surface area contributed by atoms with E-state index in [0.717, 1.165) is 9.58 Å². The fourth-order valence-electron chi connectivity index (χ4n) is 4.45. The minimum Gasteiger partial charge on any atom is -0.479 e. The lowest BCUT2D eigenvalue weighted by Crippen LogP contribution is -2.53. The third-order valence-electron chi connectivity index (χ3n) is 5.99. The SMILES string of the molecule is COc1nc(NC2CN(C(C)=O)CC(F)(F)C2)nn2ccc(-c3ccc4nnn(CC(F)F)c4c3)c12. The fraction of sp³-hybridized carbons (Fsp3) is 0.409. The zero-order chi connectivity index (χ0) is 25.6. The molecule has 4 heterocycles. The third-order valence-corrected chi connectivity index (χ3v) is 5.99. The minimum absolute atomic E-state index is 0.0577. The van der Waals surface area contributed by atoms with E-state index in [4.69, 9.17) is 4.74 Å². The Balaban J connectivity index is 1.49. The van der Waals surface area contributed by atoms with E-state index >= 15 is 0 Å². The molecule has 0 bridgehead atoms. The smallest absolute Gasteiger partial charge is 0.267 e. The van der Waals surface area contributed by atoms with E-state index in [9.17, 15) is 22.4 Å². The minimum atomic E-state index is -3.04. The van der Waals surface area contributed by atoms with Crippen molar-refractivity contribution in [1.82, 2.24) is 34.5 Å². The molecule has 1 aliphatic heterocycles. The number of hydrogen-bond donors (Lipinski definition) is 1. The van der Waals surface area contributed by atoms with Gasteiger partial charge in [0.2, 0.25) is 17.7 Å². The molecule has 190 valence electrons. The van der Waals surface area contributed by atoms with Crippen LogP contribution in [0, 0.1) is 0 Å². The number of alkyl halides is 4. The molecule has 10 nitrogen and oxygen atoms in total. The molecular formula is C22H22F4N8O2. The monoisotopic (exact) mass is 506 g/mol. The van der Waals surface area contributed by atoms with Gasteiger partial charge in [-0.3, -0.25) is 4.79 Å². The number of benzene rings is 1. The first-order chi connectivity index (χ1) is 17.1. The molecule has 3 aromatic heterocycles. The van der Waals surface area contributed by atoms with Crippen LogP contribution in [0.2, 0.25) is 0 Å². The Morgan fingerprint density at radius 1 is 1.31 bits per heavy atom. The van der Waals surface area contributed by atoms with Crippen LogP contribution in [0.5, 0.6) is 5.88 Å². The highest BCUT2D eigenvalue weighted by Crippen LogP contribution is 2.34. The van der Waals surface area contributed by atoms with Gasteiger partial charge < -0.3 is 15.0 Å². The van der Waals surface area contributed by atoms with Crippen LogP contribution in [0.25, 0.3) is 27.7 Å². The molecule has 1 amide bonds. The number of anilines is 1. The van der Waals surface area contributed by atoms with E-state index in [-0.39, 0.29) is 18.4 Å². The summed E-state index contributed by atoms with van der Waals surface area (Å²) >= 11 is 0. The Morgan fingerprint density at radius 3 is 2.83 bits per heavy atom.